The maximum atomic E-state index is 13.9. The molecular formula is C35H35F6NO5. The fourth-order valence-electron chi connectivity index (χ4n) is 4.84. The zero-order valence-electron chi connectivity index (χ0n) is 25.9. The summed E-state index contributed by atoms with van der Waals surface area (Å²) in [7, 11) is 0. The molecule has 0 aliphatic rings. The van der Waals surface area contributed by atoms with Gasteiger partial charge in [0.1, 0.15) is 6.61 Å². The Bertz CT molecular complexity index is 1490. The first kappa shape index (κ1) is 36.9. The number of hydrogen-bond donors (Lipinski definition) is 0. The molecule has 1 unspecified atom stereocenters. The van der Waals surface area contributed by atoms with Gasteiger partial charge in [-0.15, -0.1) is 6.58 Å². The Kier molecular flexibility index (Phi) is 12.4. The van der Waals surface area contributed by atoms with Crippen molar-refractivity contribution in [2.75, 3.05) is 19.8 Å². The van der Waals surface area contributed by atoms with Crippen molar-refractivity contribution in [1.82, 2.24) is 4.90 Å². The van der Waals surface area contributed by atoms with E-state index in [1.54, 1.807) is 67.6 Å². The van der Waals surface area contributed by atoms with Crippen molar-refractivity contribution in [1.29, 1.82) is 0 Å². The summed E-state index contributed by atoms with van der Waals surface area (Å²) in [5, 5.41) is 0. The van der Waals surface area contributed by atoms with Gasteiger partial charge in [-0.1, -0.05) is 73.3 Å². The molecule has 0 spiro atoms. The highest BCUT2D eigenvalue weighted by Crippen LogP contribution is 2.40. The number of hydrogen-bond acceptors (Lipinski definition) is 5. The zero-order chi connectivity index (χ0) is 34.8. The molecule has 3 aromatic rings. The quantitative estimate of drug-likeness (QED) is 0.0746. The van der Waals surface area contributed by atoms with Crippen molar-refractivity contribution in [3.05, 3.63) is 131 Å². The highest BCUT2D eigenvalue weighted by molar-refractivity contribution is 5.89. The van der Waals surface area contributed by atoms with Crippen LogP contribution in [0.5, 0.6) is 0 Å². The lowest BCUT2D eigenvalue weighted by Gasteiger charge is -2.44. The van der Waals surface area contributed by atoms with Crippen molar-refractivity contribution >= 4 is 12.1 Å². The normalized spacial score (nSPS) is 13.6. The maximum Gasteiger partial charge on any atom is 0.416 e. The number of ether oxygens (including phenoxy) is 3. The SMILES string of the molecule is C=CC[C@@](COC(C)c1cc(C(F)(F)F)cc(C(F)(F)F)c1)(c1ccccc1)N(CC(=C)C(=O)OCC)C(=O)OCc1ccccc1. The van der Waals surface area contributed by atoms with E-state index in [9.17, 15) is 35.9 Å². The summed E-state index contributed by atoms with van der Waals surface area (Å²) < 4.78 is 98.4. The van der Waals surface area contributed by atoms with Crippen LogP contribution in [0.3, 0.4) is 0 Å². The van der Waals surface area contributed by atoms with Crippen molar-refractivity contribution in [2.45, 2.75) is 50.9 Å². The van der Waals surface area contributed by atoms with E-state index in [2.05, 4.69) is 13.2 Å². The molecule has 12 heteroatoms. The van der Waals surface area contributed by atoms with Gasteiger partial charge >= 0.3 is 24.4 Å². The molecule has 2 atom stereocenters. The van der Waals surface area contributed by atoms with Gasteiger partial charge in [0.2, 0.25) is 0 Å². The standard InChI is InChI=1S/C35H35F6NO5/c1-5-17-33(28-15-11-8-12-16-28,23-47-25(4)27-18-29(34(36,37)38)20-30(19-27)35(39,40)41)42(21-24(3)31(43)45-6-2)32(44)46-22-26-13-9-7-10-14-26/h5,7-16,18-20,25H,1,3,6,17,21-23H2,2,4H3/t25?,33-/m1/s1. The van der Waals surface area contributed by atoms with Gasteiger partial charge in [-0.25, -0.2) is 9.59 Å². The van der Waals surface area contributed by atoms with Crippen LogP contribution in [-0.4, -0.2) is 36.7 Å². The molecular weight excluding hydrogens is 628 g/mol. The Morgan fingerprint density at radius 3 is 1.91 bits per heavy atom. The van der Waals surface area contributed by atoms with Gasteiger partial charge in [0.25, 0.3) is 0 Å². The third-order valence-electron chi connectivity index (χ3n) is 7.30. The Hall–Kier alpha value is -4.58. The average molecular weight is 664 g/mol. The minimum Gasteiger partial charge on any atom is -0.463 e. The Balaban J connectivity index is 2.11. The number of nitrogens with zero attached hydrogens (tertiary/aromatic N) is 1. The van der Waals surface area contributed by atoms with Crippen molar-refractivity contribution in [2.24, 2.45) is 0 Å². The number of amides is 1. The molecule has 0 saturated heterocycles. The number of rotatable bonds is 14. The molecule has 6 nitrogen and oxygen atoms in total. The van der Waals surface area contributed by atoms with Crippen LogP contribution in [-0.2, 0) is 43.5 Å². The molecule has 252 valence electrons. The van der Waals surface area contributed by atoms with E-state index in [4.69, 9.17) is 14.2 Å². The van der Waals surface area contributed by atoms with Crippen LogP contribution in [0.15, 0.2) is 104 Å². The van der Waals surface area contributed by atoms with Crippen LogP contribution in [0.25, 0.3) is 0 Å². The lowest BCUT2D eigenvalue weighted by molar-refractivity contribution is -0.143. The van der Waals surface area contributed by atoms with E-state index in [0.717, 1.165) is 0 Å². The van der Waals surface area contributed by atoms with Gasteiger partial charge in [0, 0.05) is 5.57 Å². The predicted molar refractivity (Wildman–Crippen MR) is 163 cm³/mol. The van der Waals surface area contributed by atoms with E-state index in [1.807, 2.05) is 0 Å². The van der Waals surface area contributed by atoms with Gasteiger partial charge in [-0.05, 0) is 55.2 Å². The van der Waals surface area contributed by atoms with Crippen LogP contribution < -0.4 is 0 Å². The summed E-state index contributed by atoms with van der Waals surface area (Å²) in [4.78, 5) is 27.8. The second kappa shape index (κ2) is 15.8. The number of carbonyl (C=O) groups is 2. The topological polar surface area (TPSA) is 65.1 Å². The number of esters is 1. The van der Waals surface area contributed by atoms with Gasteiger partial charge in [-0.3, -0.25) is 4.90 Å². The van der Waals surface area contributed by atoms with Crippen LogP contribution in [0, 0.1) is 0 Å². The van der Waals surface area contributed by atoms with E-state index in [1.165, 1.54) is 17.9 Å². The van der Waals surface area contributed by atoms with Gasteiger partial charge in [-0.2, -0.15) is 26.3 Å². The summed E-state index contributed by atoms with van der Waals surface area (Å²) in [5.74, 6) is -0.785. The second-order valence-electron chi connectivity index (χ2n) is 10.6. The number of halogens is 6. The first-order valence-electron chi connectivity index (χ1n) is 14.5. The summed E-state index contributed by atoms with van der Waals surface area (Å²) in [6, 6.07) is 18.4. The van der Waals surface area contributed by atoms with Crippen LogP contribution in [0.4, 0.5) is 31.1 Å². The van der Waals surface area contributed by atoms with E-state index < -0.39 is 60.3 Å². The molecule has 3 rings (SSSR count). The fourth-order valence-corrected chi connectivity index (χ4v) is 4.84. The Morgan fingerprint density at radius 2 is 1.40 bits per heavy atom. The fraction of sp³-hybridized carbons (Fsp3) is 0.314. The largest absolute Gasteiger partial charge is 0.463 e. The predicted octanol–water partition coefficient (Wildman–Crippen LogP) is 9.03. The third kappa shape index (κ3) is 9.71. The second-order valence-corrected chi connectivity index (χ2v) is 10.6. The molecule has 0 saturated carbocycles. The molecule has 0 heterocycles. The zero-order valence-corrected chi connectivity index (χ0v) is 25.9. The smallest absolute Gasteiger partial charge is 0.416 e. The number of alkyl halides is 6. The highest BCUT2D eigenvalue weighted by Gasteiger charge is 2.44. The lowest BCUT2D eigenvalue weighted by Crippen LogP contribution is -2.53. The summed E-state index contributed by atoms with van der Waals surface area (Å²) >= 11 is 0. The summed E-state index contributed by atoms with van der Waals surface area (Å²) in [5.41, 5.74) is -3.90. The van der Waals surface area contributed by atoms with Gasteiger partial charge < -0.3 is 14.2 Å². The molecule has 0 aliphatic heterocycles. The van der Waals surface area contributed by atoms with Gasteiger partial charge in [0.05, 0.1) is 42.5 Å². The molecule has 0 aliphatic carbocycles. The molecule has 1 amide bonds. The van der Waals surface area contributed by atoms with Crippen LogP contribution in [0.1, 0.15) is 54.2 Å². The first-order valence-corrected chi connectivity index (χ1v) is 14.5. The van der Waals surface area contributed by atoms with E-state index in [0.29, 0.717) is 23.3 Å². The minimum atomic E-state index is -5.06. The van der Waals surface area contributed by atoms with Crippen molar-refractivity contribution < 1.29 is 50.1 Å². The number of carbonyl (C=O) groups excluding carboxylic acids is 2. The molecule has 0 radical (unpaired) electrons. The van der Waals surface area contributed by atoms with E-state index >= 15 is 0 Å². The molecule has 0 fully saturated rings. The van der Waals surface area contributed by atoms with E-state index in [-0.39, 0.29) is 36.8 Å². The van der Waals surface area contributed by atoms with Crippen molar-refractivity contribution in [3.8, 4) is 0 Å². The Labute approximate surface area is 269 Å². The average Bonchev–Trinajstić information content (AvgIpc) is 3.04. The first-order chi connectivity index (χ1) is 22.1. The number of benzene rings is 3. The third-order valence-corrected chi connectivity index (χ3v) is 7.30. The molecule has 0 aromatic heterocycles. The minimum absolute atomic E-state index is 0.0311. The monoisotopic (exact) mass is 663 g/mol. The summed E-state index contributed by atoms with van der Waals surface area (Å²) in [6.07, 6.45) is -10.9. The summed E-state index contributed by atoms with van der Waals surface area (Å²) in [6.45, 7) is 9.49. The molecule has 3 aromatic carbocycles. The van der Waals surface area contributed by atoms with Crippen LogP contribution in [0.2, 0.25) is 0 Å². The lowest BCUT2D eigenvalue weighted by atomic mass is 9.85. The maximum absolute atomic E-state index is 13.9. The molecule has 47 heavy (non-hydrogen) atoms. The Morgan fingerprint density at radius 1 is 0.851 bits per heavy atom. The van der Waals surface area contributed by atoms with Gasteiger partial charge in [0.15, 0.2) is 0 Å². The van der Waals surface area contributed by atoms with Crippen molar-refractivity contribution in [3.63, 3.8) is 0 Å². The molecule has 0 bridgehead atoms. The molecule has 0 N–H and O–H groups in total. The highest BCUT2D eigenvalue weighted by atomic mass is 19.4. The van der Waals surface area contributed by atoms with Crippen LogP contribution >= 0.6 is 0 Å².